The van der Waals surface area contributed by atoms with Crippen LogP contribution in [0.2, 0.25) is 0 Å². The van der Waals surface area contributed by atoms with Gasteiger partial charge in [0.15, 0.2) is 11.6 Å². The Kier molecular flexibility index (Phi) is 4.28. The fourth-order valence-electron chi connectivity index (χ4n) is 2.49. The number of rotatable bonds is 7. The Morgan fingerprint density at radius 2 is 2.25 bits per heavy atom. The largest absolute Gasteiger partial charge is 0.488 e. The van der Waals surface area contributed by atoms with Gasteiger partial charge in [-0.3, -0.25) is 4.79 Å². The molecule has 3 N–H and O–H groups in total. The smallest absolute Gasteiger partial charge is 0.241 e. The van der Waals surface area contributed by atoms with Crippen molar-refractivity contribution in [2.24, 2.45) is 11.7 Å². The second kappa shape index (κ2) is 5.79. The van der Waals surface area contributed by atoms with Crippen LogP contribution < -0.4 is 15.8 Å². The molecule has 1 amide bonds. The minimum Gasteiger partial charge on any atom is -0.488 e. The number of nitrogens with one attached hydrogen (secondary N) is 1. The van der Waals surface area contributed by atoms with E-state index in [-0.39, 0.29) is 18.3 Å². The molecule has 0 spiro atoms. The Bertz CT molecular complexity index is 503. The van der Waals surface area contributed by atoms with Crippen molar-refractivity contribution in [1.29, 1.82) is 0 Å². The average molecular weight is 280 g/mol. The van der Waals surface area contributed by atoms with Gasteiger partial charge in [0.25, 0.3) is 0 Å². The van der Waals surface area contributed by atoms with Crippen LogP contribution in [0.15, 0.2) is 18.2 Å². The summed E-state index contributed by atoms with van der Waals surface area (Å²) in [5.74, 6) is -0.491. The third-order valence-electron chi connectivity index (χ3n) is 3.82. The van der Waals surface area contributed by atoms with Crippen LogP contribution in [0.4, 0.5) is 4.39 Å². The molecule has 1 atom stereocenters. The zero-order chi connectivity index (χ0) is 14.8. The lowest BCUT2D eigenvalue weighted by Gasteiger charge is -2.31. The molecule has 1 aliphatic carbocycles. The molecular formula is C15H21FN2O2. The van der Waals surface area contributed by atoms with Crippen molar-refractivity contribution in [2.45, 2.75) is 32.2 Å². The average Bonchev–Trinajstić information content (AvgIpc) is 3.23. The van der Waals surface area contributed by atoms with Crippen LogP contribution in [0.5, 0.6) is 5.75 Å². The molecule has 110 valence electrons. The fraction of sp³-hybridized carbons (Fsp3) is 0.533. The van der Waals surface area contributed by atoms with Crippen molar-refractivity contribution < 1.29 is 13.9 Å². The topological polar surface area (TPSA) is 64.3 Å². The number of carbonyl (C=O) groups is 1. The highest BCUT2D eigenvalue weighted by Gasteiger charge is 2.50. The SMILES string of the molecule is CCNC(COc1cccc(C)c1F)(C(N)=O)C1CC1. The van der Waals surface area contributed by atoms with Crippen molar-refractivity contribution in [3.05, 3.63) is 29.6 Å². The summed E-state index contributed by atoms with van der Waals surface area (Å²) >= 11 is 0. The van der Waals surface area contributed by atoms with Gasteiger partial charge in [0, 0.05) is 0 Å². The van der Waals surface area contributed by atoms with Crippen molar-refractivity contribution in [3.8, 4) is 5.75 Å². The van der Waals surface area contributed by atoms with E-state index in [0.29, 0.717) is 12.1 Å². The quantitative estimate of drug-likeness (QED) is 0.800. The molecule has 1 aliphatic rings. The second-order valence-electron chi connectivity index (χ2n) is 5.32. The van der Waals surface area contributed by atoms with Crippen molar-refractivity contribution in [1.82, 2.24) is 5.32 Å². The maximum absolute atomic E-state index is 13.9. The van der Waals surface area contributed by atoms with E-state index in [1.54, 1.807) is 25.1 Å². The molecule has 20 heavy (non-hydrogen) atoms. The minimum atomic E-state index is -0.898. The predicted molar refractivity (Wildman–Crippen MR) is 75.0 cm³/mol. The lowest BCUT2D eigenvalue weighted by Crippen LogP contribution is -2.61. The minimum absolute atomic E-state index is 0.0568. The predicted octanol–water partition coefficient (Wildman–Crippen LogP) is 1.76. The molecule has 1 fully saturated rings. The highest BCUT2D eigenvalue weighted by Crippen LogP contribution is 2.40. The first kappa shape index (κ1) is 14.8. The maximum Gasteiger partial charge on any atom is 0.241 e. The lowest BCUT2D eigenvalue weighted by molar-refractivity contribution is -0.126. The zero-order valence-electron chi connectivity index (χ0n) is 11.9. The summed E-state index contributed by atoms with van der Waals surface area (Å²) in [6.45, 7) is 4.25. The van der Waals surface area contributed by atoms with E-state index in [9.17, 15) is 9.18 Å². The number of carbonyl (C=O) groups excluding carboxylic acids is 1. The molecule has 1 aromatic carbocycles. The highest BCUT2D eigenvalue weighted by atomic mass is 19.1. The maximum atomic E-state index is 13.9. The first-order valence-corrected chi connectivity index (χ1v) is 6.94. The number of likely N-dealkylation sites (N-methyl/N-ethyl adjacent to an activating group) is 1. The van der Waals surface area contributed by atoms with Gasteiger partial charge in [-0.1, -0.05) is 19.1 Å². The van der Waals surface area contributed by atoms with E-state index >= 15 is 0 Å². The van der Waals surface area contributed by atoms with Crippen molar-refractivity contribution in [2.75, 3.05) is 13.2 Å². The van der Waals surface area contributed by atoms with E-state index in [2.05, 4.69) is 5.32 Å². The van der Waals surface area contributed by atoms with E-state index in [4.69, 9.17) is 10.5 Å². The molecule has 0 saturated heterocycles. The van der Waals surface area contributed by atoms with Gasteiger partial charge in [-0.25, -0.2) is 4.39 Å². The molecule has 5 heteroatoms. The number of hydrogen-bond acceptors (Lipinski definition) is 3. The number of ether oxygens (including phenoxy) is 1. The summed E-state index contributed by atoms with van der Waals surface area (Å²) in [7, 11) is 0. The fourth-order valence-corrected chi connectivity index (χ4v) is 2.49. The number of hydrogen-bond donors (Lipinski definition) is 2. The Morgan fingerprint density at radius 3 is 2.80 bits per heavy atom. The van der Waals surface area contributed by atoms with Crippen molar-refractivity contribution in [3.63, 3.8) is 0 Å². The molecule has 0 heterocycles. The number of benzene rings is 1. The van der Waals surface area contributed by atoms with Gasteiger partial charge in [-0.2, -0.15) is 0 Å². The van der Waals surface area contributed by atoms with Crippen LogP contribution in [0.3, 0.4) is 0 Å². The van der Waals surface area contributed by atoms with Crippen molar-refractivity contribution >= 4 is 5.91 Å². The Hall–Kier alpha value is -1.62. The van der Waals surface area contributed by atoms with E-state index < -0.39 is 17.3 Å². The second-order valence-corrected chi connectivity index (χ2v) is 5.32. The Labute approximate surface area is 118 Å². The zero-order valence-corrected chi connectivity index (χ0v) is 11.9. The van der Waals surface area contributed by atoms with Crippen LogP contribution in [0.1, 0.15) is 25.3 Å². The molecular weight excluding hydrogens is 259 g/mol. The number of amides is 1. The molecule has 1 aromatic rings. The molecule has 1 saturated carbocycles. The van der Waals surface area contributed by atoms with Gasteiger partial charge in [0.05, 0.1) is 0 Å². The van der Waals surface area contributed by atoms with E-state index in [1.165, 1.54) is 0 Å². The number of aryl methyl sites for hydroxylation is 1. The van der Waals surface area contributed by atoms with Gasteiger partial charge >= 0.3 is 0 Å². The summed E-state index contributed by atoms with van der Waals surface area (Å²) in [5, 5.41) is 3.14. The number of nitrogens with two attached hydrogens (primary N) is 1. The number of primary amides is 1. The molecule has 0 radical (unpaired) electrons. The Balaban J connectivity index is 2.16. The molecule has 0 bridgehead atoms. The van der Waals surface area contributed by atoms with Crippen LogP contribution in [-0.2, 0) is 4.79 Å². The van der Waals surface area contributed by atoms with E-state index in [1.807, 2.05) is 6.92 Å². The normalized spacial score (nSPS) is 17.6. The van der Waals surface area contributed by atoms with Crippen LogP contribution in [0.25, 0.3) is 0 Å². The first-order chi connectivity index (χ1) is 9.51. The summed E-state index contributed by atoms with van der Waals surface area (Å²) in [5.41, 5.74) is 5.17. The van der Waals surface area contributed by atoms with Gasteiger partial charge in [0.1, 0.15) is 12.1 Å². The number of halogens is 1. The van der Waals surface area contributed by atoms with Crippen LogP contribution >= 0.6 is 0 Å². The van der Waals surface area contributed by atoms with Crippen LogP contribution in [0, 0.1) is 18.7 Å². The summed E-state index contributed by atoms with van der Waals surface area (Å²) in [4.78, 5) is 11.9. The highest BCUT2D eigenvalue weighted by molar-refractivity contribution is 5.85. The van der Waals surface area contributed by atoms with Gasteiger partial charge in [-0.15, -0.1) is 0 Å². The lowest BCUT2D eigenvalue weighted by atomic mass is 9.93. The summed E-state index contributed by atoms with van der Waals surface area (Å²) in [6.07, 6.45) is 1.88. The van der Waals surface area contributed by atoms with Gasteiger partial charge < -0.3 is 15.8 Å². The third kappa shape index (κ3) is 2.77. The molecule has 0 aliphatic heterocycles. The monoisotopic (exact) mass is 280 g/mol. The standard InChI is InChI=1S/C15H21FN2O2/c1-3-18-15(14(17)19,11-7-8-11)9-20-12-6-4-5-10(2)13(12)16/h4-6,11,18H,3,7-9H2,1-2H3,(H2,17,19). The molecule has 0 aromatic heterocycles. The van der Waals surface area contributed by atoms with Gasteiger partial charge in [-0.05, 0) is 43.9 Å². The summed E-state index contributed by atoms with van der Waals surface area (Å²) in [6, 6.07) is 4.96. The molecule has 2 rings (SSSR count). The van der Waals surface area contributed by atoms with Crippen LogP contribution in [-0.4, -0.2) is 24.6 Å². The third-order valence-corrected chi connectivity index (χ3v) is 3.82. The Morgan fingerprint density at radius 1 is 1.55 bits per heavy atom. The van der Waals surface area contributed by atoms with Gasteiger partial charge in [0.2, 0.25) is 5.91 Å². The molecule has 1 unspecified atom stereocenters. The van der Waals surface area contributed by atoms with E-state index in [0.717, 1.165) is 12.8 Å². The molecule has 4 nitrogen and oxygen atoms in total. The summed E-state index contributed by atoms with van der Waals surface area (Å²) < 4.78 is 19.5. The first-order valence-electron chi connectivity index (χ1n) is 6.94.